The summed E-state index contributed by atoms with van der Waals surface area (Å²) in [5.74, 6) is 0. The lowest BCUT2D eigenvalue weighted by atomic mass is 10.0. The summed E-state index contributed by atoms with van der Waals surface area (Å²) < 4.78 is 4.96. The van der Waals surface area contributed by atoms with Crippen molar-refractivity contribution in [3.63, 3.8) is 0 Å². The number of thiophene rings is 1. The molecule has 0 N–H and O–H groups in total. The van der Waals surface area contributed by atoms with Gasteiger partial charge in [0.2, 0.25) is 0 Å². The topological polar surface area (TPSA) is 17.8 Å². The summed E-state index contributed by atoms with van der Waals surface area (Å²) in [6, 6.07) is 52.4. The SMILES string of the molecule is c1ccc(-c2ccc3c(c2)c2cc(-c4ccccc4)ccc2n3-c2c3ccccc3nc3c2sc2ccccc23)cc1. The van der Waals surface area contributed by atoms with E-state index in [0.717, 1.165) is 16.4 Å². The molecule has 0 aliphatic carbocycles. The van der Waals surface area contributed by atoms with Gasteiger partial charge in [0, 0.05) is 26.2 Å². The number of benzene rings is 6. The van der Waals surface area contributed by atoms with E-state index in [-0.39, 0.29) is 0 Å². The van der Waals surface area contributed by atoms with Crippen LogP contribution in [0.3, 0.4) is 0 Å². The Bertz CT molecular complexity index is 2350. The van der Waals surface area contributed by atoms with E-state index in [2.05, 4.69) is 150 Å². The molecule has 0 saturated carbocycles. The van der Waals surface area contributed by atoms with Gasteiger partial charge in [-0.15, -0.1) is 11.3 Å². The summed E-state index contributed by atoms with van der Waals surface area (Å²) >= 11 is 1.84. The lowest BCUT2D eigenvalue weighted by Crippen LogP contribution is -1.97. The quantitative estimate of drug-likeness (QED) is 0.213. The summed E-state index contributed by atoms with van der Waals surface area (Å²) in [4.78, 5) is 5.20. The third-order valence-electron chi connectivity index (χ3n) is 8.38. The van der Waals surface area contributed by atoms with Crippen LogP contribution >= 0.6 is 11.3 Å². The van der Waals surface area contributed by atoms with Crippen LogP contribution in [0.1, 0.15) is 0 Å². The predicted molar refractivity (Wildman–Crippen MR) is 180 cm³/mol. The summed E-state index contributed by atoms with van der Waals surface area (Å²) in [5.41, 5.74) is 10.6. The second kappa shape index (κ2) is 9.13. The fourth-order valence-corrected chi connectivity index (χ4v) is 7.62. The van der Waals surface area contributed by atoms with E-state index in [1.54, 1.807) is 0 Å². The molecule has 0 aliphatic heterocycles. The maximum atomic E-state index is 5.20. The molecule has 3 heteroatoms. The molecule has 9 rings (SSSR count). The Hall–Kier alpha value is -5.25. The number of rotatable bonds is 3. The number of fused-ring (bicyclic) bond motifs is 7. The molecule has 196 valence electrons. The second-order valence-corrected chi connectivity index (χ2v) is 11.8. The summed E-state index contributed by atoms with van der Waals surface area (Å²) in [7, 11) is 0. The Labute approximate surface area is 246 Å². The van der Waals surface area contributed by atoms with Gasteiger partial charge in [0.15, 0.2) is 0 Å². The molecular weight excluding hydrogens is 529 g/mol. The van der Waals surface area contributed by atoms with Crippen LogP contribution in [-0.4, -0.2) is 9.55 Å². The van der Waals surface area contributed by atoms with E-state index in [4.69, 9.17) is 4.98 Å². The first kappa shape index (κ1) is 23.5. The van der Waals surface area contributed by atoms with Crippen molar-refractivity contribution < 1.29 is 0 Å². The molecule has 2 nitrogen and oxygen atoms in total. The van der Waals surface area contributed by atoms with Crippen LogP contribution in [0.4, 0.5) is 0 Å². The van der Waals surface area contributed by atoms with E-state index in [1.807, 2.05) is 11.3 Å². The van der Waals surface area contributed by atoms with Gasteiger partial charge in [0.05, 0.1) is 32.5 Å². The van der Waals surface area contributed by atoms with Gasteiger partial charge in [0.25, 0.3) is 0 Å². The molecule has 0 unspecified atom stereocenters. The first-order valence-corrected chi connectivity index (χ1v) is 15.0. The van der Waals surface area contributed by atoms with Crippen LogP contribution < -0.4 is 0 Å². The van der Waals surface area contributed by atoms with Crippen molar-refractivity contribution in [3.05, 3.63) is 146 Å². The van der Waals surface area contributed by atoms with Gasteiger partial charge in [-0.05, 0) is 58.7 Å². The lowest BCUT2D eigenvalue weighted by molar-refractivity contribution is 1.21. The van der Waals surface area contributed by atoms with E-state index < -0.39 is 0 Å². The Balaban J connectivity index is 1.45. The molecule has 0 amide bonds. The van der Waals surface area contributed by atoms with Crippen LogP contribution in [-0.2, 0) is 0 Å². The van der Waals surface area contributed by atoms with Gasteiger partial charge in [0.1, 0.15) is 0 Å². The van der Waals surface area contributed by atoms with Crippen molar-refractivity contribution >= 4 is 64.3 Å². The minimum absolute atomic E-state index is 1.01. The van der Waals surface area contributed by atoms with Gasteiger partial charge < -0.3 is 4.57 Å². The van der Waals surface area contributed by atoms with Gasteiger partial charge in [-0.25, -0.2) is 4.98 Å². The Morgan fingerprint density at radius 2 is 1.00 bits per heavy atom. The molecule has 0 radical (unpaired) electrons. The second-order valence-electron chi connectivity index (χ2n) is 10.8. The monoisotopic (exact) mass is 552 g/mol. The highest BCUT2D eigenvalue weighted by Gasteiger charge is 2.21. The van der Waals surface area contributed by atoms with Gasteiger partial charge in [-0.2, -0.15) is 0 Å². The molecule has 0 bridgehead atoms. The Kier molecular flexibility index (Phi) is 5.10. The molecule has 0 saturated heterocycles. The van der Waals surface area contributed by atoms with E-state index in [1.165, 1.54) is 64.5 Å². The van der Waals surface area contributed by atoms with E-state index in [9.17, 15) is 0 Å². The zero-order chi connectivity index (χ0) is 27.6. The number of pyridine rings is 1. The predicted octanol–water partition coefficient (Wildman–Crippen LogP) is 11.0. The molecule has 0 aliphatic rings. The number of para-hydroxylation sites is 1. The molecule has 9 aromatic rings. The zero-order valence-corrected chi connectivity index (χ0v) is 23.5. The smallest absolute Gasteiger partial charge is 0.0917 e. The van der Waals surface area contributed by atoms with Gasteiger partial charge in [-0.1, -0.05) is 109 Å². The standard InChI is InChI=1S/C39H24N2S/c1-3-11-25(12-4-1)27-19-21-34-31(23-27)32-24-28(26-13-5-2-6-14-26)20-22-35(32)41(34)38-29-15-7-9-17-33(29)40-37-30-16-8-10-18-36(30)42-39(37)38/h1-24H. The Morgan fingerprint density at radius 1 is 0.452 bits per heavy atom. The minimum Gasteiger partial charge on any atom is -0.307 e. The maximum absolute atomic E-state index is 5.20. The molecule has 0 spiro atoms. The highest BCUT2D eigenvalue weighted by atomic mass is 32.1. The first-order valence-electron chi connectivity index (χ1n) is 14.2. The van der Waals surface area contributed by atoms with Crippen LogP contribution in [0.25, 0.3) is 81.0 Å². The molecular formula is C39H24N2S. The number of nitrogens with zero attached hydrogens (tertiary/aromatic N) is 2. The fourth-order valence-electron chi connectivity index (χ4n) is 6.42. The molecule has 3 aromatic heterocycles. The highest BCUT2D eigenvalue weighted by Crippen LogP contribution is 2.44. The summed E-state index contributed by atoms with van der Waals surface area (Å²) in [5, 5.41) is 4.87. The average molecular weight is 553 g/mol. The highest BCUT2D eigenvalue weighted by molar-refractivity contribution is 7.26. The van der Waals surface area contributed by atoms with E-state index >= 15 is 0 Å². The van der Waals surface area contributed by atoms with Gasteiger partial charge >= 0.3 is 0 Å². The first-order chi connectivity index (χ1) is 20.8. The lowest BCUT2D eigenvalue weighted by Gasteiger charge is -2.13. The van der Waals surface area contributed by atoms with Crippen molar-refractivity contribution in [2.45, 2.75) is 0 Å². The molecule has 0 atom stereocenters. The molecule has 3 heterocycles. The normalized spacial score (nSPS) is 11.8. The largest absolute Gasteiger partial charge is 0.307 e. The fraction of sp³-hybridized carbons (Fsp3) is 0. The average Bonchev–Trinajstić information content (AvgIpc) is 3.59. The van der Waals surface area contributed by atoms with Gasteiger partial charge in [-0.3, -0.25) is 0 Å². The Morgan fingerprint density at radius 3 is 1.64 bits per heavy atom. The van der Waals surface area contributed by atoms with Crippen LogP contribution in [0.2, 0.25) is 0 Å². The minimum atomic E-state index is 1.01. The van der Waals surface area contributed by atoms with Crippen LogP contribution in [0.5, 0.6) is 0 Å². The van der Waals surface area contributed by atoms with E-state index in [0.29, 0.717) is 0 Å². The molecule has 42 heavy (non-hydrogen) atoms. The van der Waals surface area contributed by atoms with Crippen molar-refractivity contribution in [1.82, 2.24) is 9.55 Å². The van der Waals surface area contributed by atoms with Crippen molar-refractivity contribution in [3.8, 4) is 27.9 Å². The number of hydrogen-bond acceptors (Lipinski definition) is 2. The third kappa shape index (κ3) is 3.47. The summed E-state index contributed by atoms with van der Waals surface area (Å²) in [6.45, 7) is 0. The summed E-state index contributed by atoms with van der Waals surface area (Å²) in [6.07, 6.45) is 0. The van der Waals surface area contributed by atoms with Crippen molar-refractivity contribution in [2.24, 2.45) is 0 Å². The molecule has 0 fully saturated rings. The molecule has 6 aromatic carbocycles. The number of aromatic nitrogens is 2. The number of hydrogen-bond donors (Lipinski definition) is 0. The maximum Gasteiger partial charge on any atom is 0.0917 e. The van der Waals surface area contributed by atoms with Crippen molar-refractivity contribution in [2.75, 3.05) is 0 Å². The zero-order valence-electron chi connectivity index (χ0n) is 22.7. The van der Waals surface area contributed by atoms with Crippen LogP contribution in [0.15, 0.2) is 146 Å². The van der Waals surface area contributed by atoms with Crippen LogP contribution in [0, 0.1) is 0 Å². The third-order valence-corrected chi connectivity index (χ3v) is 9.55. The van der Waals surface area contributed by atoms with Crippen molar-refractivity contribution in [1.29, 1.82) is 0 Å².